The third-order valence-corrected chi connectivity index (χ3v) is 5.84. The Labute approximate surface area is 196 Å². The van der Waals surface area contributed by atoms with Crippen molar-refractivity contribution in [2.24, 2.45) is 0 Å². The van der Waals surface area contributed by atoms with Crippen molar-refractivity contribution < 1.29 is 18.7 Å². The van der Waals surface area contributed by atoms with E-state index in [2.05, 4.69) is 15.5 Å². The number of anilines is 1. The number of benzene rings is 3. The molecular formula is C25H23N3O4S. The number of rotatable bonds is 9. The highest BCUT2D eigenvalue weighted by molar-refractivity contribution is 8.00. The number of amides is 1. The van der Waals surface area contributed by atoms with Crippen LogP contribution in [0.1, 0.15) is 17.7 Å². The van der Waals surface area contributed by atoms with E-state index in [0.29, 0.717) is 29.2 Å². The van der Waals surface area contributed by atoms with Gasteiger partial charge in [-0.05, 0) is 60.6 Å². The second-order valence-electron chi connectivity index (χ2n) is 6.93. The number of hydrogen-bond donors (Lipinski definition) is 1. The van der Waals surface area contributed by atoms with Gasteiger partial charge in [0, 0.05) is 5.56 Å². The van der Waals surface area contributed by atoms with Crippen LogP contribution in [0.5, 0.6) is 11.5 Å². The minimum absolute atomic E-state index is 0.220. The topological polar surface area (TPSA) is 86.5 Å². The van der Waals surface area contributed by atoms with Gasteiger partial charge in [0.05, 0.1) is 19.4 Å². The minimum atomic E-state index is -0.606. The first-order valence-corrected chi connectivity index (χ1v) is 11.3. The van der Waals surface area contributed by atoms with Crippen LogP contribution in [0.2, 0.25) is 0 Å². The van der Waals surface area contributed by atoms with Crippen molar-refractivity contribution in [1.29, 1.82) is 0 Å². The molecule has 8 heteroatoms. The predicted molar refractivity (Wildman–Crippen MR) is 128 cm³/mol. The molecule has 168 valence electrons. The summed E-state index contributed by atoms with van der Waals surface area (Å²) in [5.41, 5.74) is 2.19. The third kappa shape index (κ3) is 5.53. The van der Waals surface area contributed by atoms with E-state index in [4.69, 9.17) is 13.9 Å². The SMILES string of the molecule is CCOc1ccccc1NC(=O)[C@H](Sc1nnc(-c2ccc(OC)cc2)o1)c1ccccc1. The van der Waals surface area contributed by atoms with Gasteiger partial charge in [0.25, 0.3) is 5.22 Å². The minimum Gasteiger partial charge on any atom is -0.497 e. The Morgan fingerprint density at radius 3 is 2.45 bits per heavy atom. The lowest BCUT2D eigenvalue weighted by molar-refractivity contribution is -0.115. The van der Waals surface area contributed by atoms with E-state index in [-0.39, 0.29) is 5.91 Å². The van der Waals surface area contributed by atoms with E-state index < -0.39 is 5.25 Å². The summed E-state index contributed by atoms with van der Waals surface area (Å²) in [5, 5.41) is 11.0. The molecule has 1 heterocycles. The van der Waals surface area contributed by atoms with Crippen LogP contribution in [-0.4, -0.2) is 29.8 Å². The van der Waals surface area contributed by atoms with Crippen molar-refractivity contribution in [3.63, 3.8) is 0 Å². The maximum Gasteiger partial charge on any atom is 0.277 e. The average molecular weight is 462 g/mol. The monoisotopic (exact) mass is 461 g/mol. The molecule has 3 aromatic carbocycles. The fourth-order valence-corrected chi connectivity index (χ4v) is 4.03. The lowest BCUT2D eigenvalue weighted by Gasteiger charge is -2.17. The van der Waals surface area contributed by atoms with Crippen LogP contribution < -0.4 is 14.8 Å². The number of methoxy groups -OCH3 is 1. The number of aromatic nitrogens is 2. The highest BCUT2D eigenvalue weighted by atomic mass is 32.2. The van der Waals surface area contributed by atoms with Crippen LogP contribution >= 0.6 is 11.8 Å². The van der Waals surface area contributed by atoms with Crippen LogP contribution in [0, 0.1) is 0 Å². The number of hydrogen-bond acceptors (Lipinski definition) is 7. The zero-order chi connectivity index (χ0) is 23.0. The van der Waals surface area contributed by atoms with E-state index in [0.717, 1.165) is 16.9 Å². The Balaban J connectivity index is 1.57. The first-order valence-electron chi connectivity index (χ1n) is 10.4. The van der Waals surface area contributed by atoms with Crippen molar-refractivity contribution in [3.8, 4) is 23.0 Å². The van der Waals surface area contributed by atoms with Gasteiger partial charge in [-0.2, -0.15) is 0 Å². The molecule has 0 radical (unpaired) electrons. The fraction of sp³-hybridized carbons (Fsp3) is 0.160. The van der Waals surface area contributed by atoms with E-state index >= 15 is 0 Å². The van der Waals surface area contributed by atoms with Crippen LogP contribution in [0.25, 0.3) is 11.5 Å². The Bertz CT molecular complexity index is 1200. The summed E-state index contributed by atoms with van der Waals surface area (Å²) in [4.78, 5) is 13.3. The van der Waals surface area contributed by atoms with Crippen molar-refractivity contribution in [1.82, 2.24) is 10.2 Å². The molecule has 0 spiro atoms. The molecule has 0 aliphatic carbocycles. The molecule has 1 atom stereocenters. The summed E-state index contributed by atoms with van der Waals surface area (Å²) < 4.78 is 16.7. The molecule has 4 aromatic rings. The van der Waals surface area contributed by atoms with Gasteiger partial charge in [-0.3, -0.25) is 4.79 Å². The molecule has 7 nitrogen and oxygen atoms in total. The van der Waals surface area contributed by atoms with Gasteiger partial charge in [-0.25, -0.2) is 0 Å². The zero-order valence-electron chi connectivity index (χ0n) is 18.2. The number of carbonyl (C=O) groups excluding carboxylic acids is 1. The van der Waals surface area contributed by atoms with Gasteiger partial charge < -0.3 is 19.2 Å². The highest BCUT2D eigenvalue weighted by Crippen LogP contribution is 2.37. The number of para-hydroxylation sites is 2. The smallest absolute Gasteiger partial charge is 0.277 e. The summed E-state index contributed by atoms with van der Waals surface area (Å²) in [6.45, 7) is 2.40. The Kier molecular flexibility index (Phi) is 7.26. The van der Waals surface area contributed by atoms with Crippen molar-refractivity contribution in [2.45, 2.75) is 17.4 Å². The normalized spacial score (nSPS) is 11.6. The first-order chi connectivity index (χ1) is 16.2. The number of carbonyl (C=O) groups is 1. The van der Waals surface area contributed by atoms with Gasteiger partial charge in [0.2, 0.25) is 11.8 Å². The van der Waals surface area contributed by atoms with Crippen LogP contribution in [0.3, 0.4) is 0 Å². The summed E-state index contributed by atoms with van der Waals surface area (Å²) >= 11 is 1.19. The molecule has 0 bridgehead atoms. The lowest BCUT2D eigenvalue weighted by atomic mass is 10.1. The van der Waals surface area contributed by atoms with E-state index in [1.54, 1.807) is 7.11 Å². The van der Waals surface area contributed by atoms with Crippen LogP contribution in [-0.2, 0) is 4.79 Å². The molecule has 0 fully saturated rings. The molecule has 0 aliphatic rings. The van der Waals surface area contributed by atoms with Gasteiger partial charge in [0.1, 0.15) is 16.7 Å². The van der Waals surface area contributed by atoms with Gasteiger partial charge in [-0.15, -0.1) is 10.2 Å². The maximum absolute atomic E-state index is 13.3. The number of ether oxygens (including phenoxy) is 2. The number of nitrogens with one attached hydrogen (secondary N) is 1. The fourth-order valence-electron chi connectivity index (χ4n) is 3.16. The molecule has 0 saturated heterocycles. The summed E-state index contributed by atoms with van der Waals surface area (Å²) in [6.07, 6.45) is 0. The van der Waals surface area contributed by atoms with Crippen molar-refractivity contribution in [2.75, 3.05) is 19.0 Å². The second kappa shape index (κ2) is 10.7. The van der Waals surface area contributed by atoms with Gasteiger partial charge >= 0.3 is 0 Å². The second-order valence-corrected chi connectivity index (χ2v) is 7.98. The molecule has 33 heavy (non-hydrogen) atoms. The average Bonchev–Trinajstić information content (AvgIpc) is 3.33. The largest absolute Gasteiger partial charge is 0.497 e. The molecular weight excluding hydrogens is 438 g/mol. The van der Waals surface area contributed by atoms with E-state index in [1.807, 2.05) is 85.8 Å². The van der Waals surface area contributed by atoms with Crippen molar-refractivity contribution in [3.05, 3.63) is 84.4 Å². The Morgan fingerprint density at radius 1 is 1.00 bits per heavy atom. The molecule has 1 amide bonds. The van der Waals surface area contributed by atoms with Crippen LogP contribution in [0.4, 0.5) is 5.69 Å². The van der Waals surface area contributed by atoms with Gasteiger partial charge in [-0.1, -0.05) is 42.5 Å². The standard InChI is InChI=1S/C25H23N3O4S/c1-3-31-21-12-8-7-11-20(21)26-23(29)22(17-9-5-4-6-10-17)33-25-28-27-24(32-25)18-13-15-19(30-2)16-14-18/h4-16,22H,3H2,1-2H3,(H,26,29)/t22-/m1/s1. The Hall–Kier alpha value is -3.78. The molecule has 0 aliphatic heterocycles. The maximum atomic E-state index is 13.3. The molecule has 0 unspecified atom stereocenters. The van der Waals surface area contributed by atoms with Crippen molar-refractivity contribution >= 4 is 23.4 Å². The summed E-state index contributed by atoms with van der Waals surface area (Å²) in [7, 11) is 1.61. The van der Waals surface area contributed by atoms with E-state index in [1.165, 1.54) is 11.8 Å². The number of nitrogens with zero attached hydrogens (tertiary/aromatic N) is 2. The zero-order valence-corrected chi connectivity index (χ0v) is 19.0. The molecule has 0 saturated carbocycles. The van der Waals surface area contributed by atoms with E-state index in [9.17, 15) is 4.79 Å². The quantitative estimate of drug-likeness (QED) is 0.324. The third-order valence-electron chi connectivity index (χ3n) is 4.75. The first kappa shape index (κ1) is 22.4. The highest BCUT2D eigenvalue weighted by Gasteiger charge is 2.26. The van der Waals surface area contributed by atoms with Crippen LogP contribution in [0.15, 0.2) is 88.5 Å². The molecule has 1 N–H and O–H groups in total. The lowest BCUT2D eigenvalue weighted by Crippen LogP contribution is -2.19. The molecule has 4 rings (SSSR count). The molecule has 1 aromatic heterocycles. The summed E-state index contributed by atoms with van der Waals surface area (Å²) in [6, 6.07) is 24.1. The predicted octanol–water partition coefficient (Wildman–Crippen LogP) is 5.62. The number of thioether (sulfide) groups is 1. The Morgan fingerprint density at radius 2 is 1.73 bits per heavy atom. The summed E-state index contributed by atoms with van der Waals surface area (Å²) in [5.74, 6) is 1.50. The van der Waals surface area contributed by atoms with Gasteiger partial charge in [0.15, 0.2) is 0 Å².